The standard InChI is InChI=1S/C23H29ClN4O6S/c1-3-26(10-11-29)22(31)15(2)27-9-8-20(23(27)32)28(14-21(25)30)35(33,34)19-7-5-16-12-18(24)6-4-17(16)13-19/h4-7,12-13,15,20,29H,3,8-11,14H2,1-2H3,(H2,25,30)/t15-,20-/m0/s1. The highest BCUT2D eigenvalue weighted by molar-refractivity contribution is 7.89. The monoisotopic (exact) mass is 524 g/mol. The largest absolute Gasteiger partial charge is 0.395 e. The van der Waals surface area contributed by atoms with Gasteiger partial charge in [-0.2, -0.15) is 4.31 Å². The Hall–Kier alpha value is -2.73. The summed E-state index contributed by atoms with van der Waals surface area (Å²) in [5.41, 5.74) is 5.35. The number of sulfonamides is 1. The molecule has 1 saturated heterocycles. The quantitative estimate of drug-likeness (QED) is 0.471. The molecule has 1 aliphatic rings. The van der Waals surface area contributed by atoms with Gasteiger partial charge < -0.3 is 20.6 Å². The van der Waals surface area contributed by atoms with E-state index in [4.69, 9.17) is 17.3 Å². The van der Waals surface area contributed by atoms with Crippen LogP contribution in [0.5, 0.6) is 0 Å². The number of aliphatic hydroxyl groups excluding tert-OH is 1. The van der Waals surface area contributed by atoms with Crippen molar-refractivity contribution in [2.24, 2.45) is 5.73 Å². The summed E-state index contributed by atoms with van der Waals surface area (Å²) in [4.78, 5) is 40.6. The van der Waals surface area contributed by atoms with E-state index in [-0.39, 0.29) is 36.9 Å². The second-order valence-corrected chi connectivity index (χ2v) is 10.7. The summed E-state index contributed by atoms with van der Waals surface area (Å²) in [5.74, 6) is -1.84. The first kappa shape index (κ1) is 26.9. The van der Waals surface area contributed by atoms with Crippen LogP contribution in [-0.4, -0.2) is 90.2 Å². The molecule has 1 aliphatic heterocycles. The summed E-state index contributed by atoms with van der Waals surface area (Å²) in [7, 11) is -4.29. The van der Waals surface area contributed by atoms with E-state index < -0.39 is 40.5 Å². The van der Waals surface area contributed by atoms with E-state index in [0.717, 1.165) is 9.69 Å². The number of likely N-dealkylation sites (N-methyl/N-ethyl adjacent to an activating group) is 1. The number of nitrogens with two attached hydrogens (primary N) is 1. The zero-order valence-electron chi connectivity index (χ0n) is 19.6. The van der Waals surface area contributed by atoms with Crippen LogP contribution in [0.25, 0.3) is 10.8 Å². The number of amides is 3. The molecule has 0 bridgehead atoms. The molecule has 0 aromatic heterocycles. The zero-order chi connectivity index (χ0) is 25.9. The number of primary amides is 1. The van der Waals surface area contributed by atoms with Gasteiger partial charge in [0.1, 0.15) is 12.1 Å². The van der Waals surface area contributed by atoms with E-state index >= 15 is 0 Å². The molecule has 3 amide bonds. The van der Waals surface area contributed by atoms with E-state index in [9.17, 15) is 27.9 Å². The lowest BCUT2D eigenvalue weighted by molar-refractivity contribution is -0.144. The van der Waals surface area contributed by atoms with Crippen LogP contribution in [0.4, 0.5) is 0 Å². The number of fused-ring (bicyclic) bond motifs is 1. The van der Waals surface area contributed by atoms with Crippen LogP contribution in [0.3, 0.4) is 0 Å². The van der Waals surface area contributed by atoms with E-state index in [1.807, 2.05) is 0 Å². The topological polar surface area (TPSA) is 141 Å². The molecule has 0 saturated carbocycles. The number of carbonyl (C=O) groups excluding carboxylic acids is 3. The number of halogens is 1. The van der Waals surface area contributed by atoms with Gasteiger partial charge in [0.15, 0.2) is 0 Å². The van der Waals surface area contributed by atoms with Gasteiger partial charge in [-0.1, -0.05) is 23.7 Å². The predicted octanol–water partition coefficient (Wildman–Crippen LogP) is 0.799. The van der Waals surface area contributed by atoms with Crippen LogP contribution in [-0.2, 0) is 24.4 Å². The van der Waals surface area contributed by atoms with Gasteiger partial charge in [0.2, 0.25) is 27.7 Å². The molecule has 3 N–H and O–H groups in total. The molecule has 0 unspecified atom stereocenters. The first-order chi connectivity index (χ1) is 16.5. The first-order valence-corrected chi connectivity index (χ1v) is 13.0. The Balaban J connectivity index is 1.92. The Bertz CT molecular complexity index is 1240. The fraction of sp³-hybridized carbons (Fsp3) is 0.435. The fourth-order valence-electron chi connectivity index (χ4n) is 4.29. The number of carbonyl (C=O) groups is 3. The molecular formula is C23H29ClN4O6S. The van der Waals surface area contributed by atoms with Crippen molar-refractivity contribution in [2.75, 3.05) is 32.8 Å². The Kier molecular flexibility index (Phi) is 8.37. The summed E-state index contributed by atoms with van der Waals surface area (Å²) in [5, 5.41) is 11.1. The molecule has 2 aromatic carbocycles. The van der Waals surface area contributed by atoms with Crippen LogP contribution >= 0.6 is 11.6 Å². The van der Waals surface area contributed by atoms with Crippen molar-refractivity contribution in [2.45, 2.75) is 37.2 Å². The van der Waals surface area contributed by atoms with E-state index in [1.165, 1.54) is 21.9 Å². The average Bonchev–Trinajstić information content (AvgIpc) is 3.20. The van der Waals surface area contributed by atoms with Gasteiger partial charge >= 0.3 is 0 Å². The molecule has 0 radical (unpaired) electrons. The Labute approximate surface area is 209 Å². The molecule has 35 heavy (non-hydrogen) atoms. The van der Waals surface area contributed by atoms with Crippen LogP contribution in [0, 0.1) is 0 Å². The van der Waals surface area contributed by atoms with Crippen molar-refractivity contribution < 1.29 is 27.9 Å². The third-order valence-corrected chi connectivity index (χ3v) is 8.23. The average molecular weight is 525 g/mol. The Morgan fingerprint density at radius 2 is 1.89 bits per heavy atom. The molecule has 10 nitrogen and oxygen atoms in total. The maximum absolute atomic E-state index is 13.6. The molecular weight excluding hydrogens is 496 g/mol. The molecule has 190 valence electrons. The minimum atomic E-state index is -4.29. The lowest BCUT2D eigenvalue weighted by Gasteiger charge is -2.31. The molecule has 2 aromatic rings. The second kappa shape index (κ2) is 10.9. The van der Waals surface area contributed by atoms with Gasteiger partial charge in [-0.15, -0.1) is 0 Å². The molecule has 0 aliphatic carbocycles. The van der Waals surface area contributed by atoms with E-state index in [1.54, 1.807) is 38.1 Å². The van der Waals surface area contributed by atoms with E-state index in [0.29, 0.717) is 17.0 Å². The number of aliphatic hydroxyl groups is 1. The third-order valence-electron chi connectivity index (χ3n) is 6.14. The molecule has 12 heteroatoms. The number of hydrogen-bond donors (Lipinski definition) is 2. The van der Waals surface area contributed by atoms with Gasteiger partial charge in [-0.05, 0) is 55.3 Å². The molecule has 1 fully saturated rings. The number of likely N-dealkylation sites (tertiary alicyclic amines) is 1. The van der Waals surface area contributed by atoms with Crippen LogP contribution in [0.15, 0.2) is 41.3 Å². The molecule has 2 atom stereocenters. The van der Waals surface area contributed by atoms with Crippen molar-refractivity contribution in [3.63, 3.8) is 0 Å². The summed E-state index contributed by atoms with van der Waals surface area (Å²) < 4.78 is 28.0. The van der Waals surface area contributed by atoms with Crippen LogP contribution in [0.1, 0.15) is 20.3 Å². The SMILES string of the molecule is CCN(CCO)C(=O)[C@H](C)N1CC[C@H](N(CC(N)=O)S(=O)(=O)c2ccc3cc(Cl)ccc3c2)C1=O. The summed E-state index contributed by atoms with van der Waals surface area (Å²) in [6, 6.07) is 7.40. The summed E-state index contributed by atoms with van der Waals surface area (Å²) in [6.07, 6.45) is 0.0955. The minimum Gasteiger partial charge on any atom is -0.395 e. The number of rotatable bonds is 10. The van der Waals surface area contributed by atoms with Gasteiger partial charge in [-0.3, -0.25) is 14.4 Å². The van der Waals surface area contributed by atoms with E-state index in [2.05, 4.69) is 0 Å². The summed E-state index contributed by atoms with van der Waals surface area (Å²) >= 11 is 6.01. The Morgan fingerprint density at radius 3 is 2.51 bits per heavy atom. The van der Waals surface area contributed by atoms with Crippen molar-refractivity contribution in [3.05, 3.63) is 41.4 Å². The van der Waals surface area contributed by atoms with Crippen molar-refractivity contribution in [1.82, 2.24) is 14.1 Å². The molecule has 3 rings (SSSR count). The van der Waals surface area contributed by atoms with Crippen molar-refractivity contribution in [1.29, 1.82) is 0 Å². The third kappa shape index (κ3) is 5.58. The first-order valence-electron chi connectivity index (χ1n) is 11.2. The fourth-order valence-corrected chi connectivity index (χ4v) is 6.08. The molecule has 1 heterocycles. The smallest absolute Gasteiger partial charge is 0.245 e. The van der Waals surface area contributed by atoms with Crippen molar-refractivity contribution >= 4 is 50.1 Å². The molecule has 0 spiro atoms. The van der Waals surface area contributed by atoms with Crippen LogP contribution in [0.2, 0.25) is 5.02 Å². The maximum atomic E-state index is 13.6. The Morgan fingerprint density at radius 1 is 1.23 bits per heavy atom. The lowest BCUT2D eigenvalue weighted by Crippen LogP contribution is -2.52. The normalized spacial score (nSPS) is 17.2. The van der Waals surface area contributed by atoms with Gasteiger partial charge in [0.25, 0.3) is 0 Å². The van der Waals surface area contributed by atoms with Gasteiger partial charge in [0.05, 0.1) is 18.0 Å². The van der Waals surface area contributed by atoms with Crippen molar-refractivity contribution in [3.8, 4) is 0 Å². The van der Waals surface area contributed by atoms with Crippen LogP contribution < -0.4 is 5.73 Å². The highest BCUT2D eigenvalue weighted by Gasteiger charge is 2.45. The highest BCUT2D eigenvalue weighted by atomic mass is 35.5. The van der Waals surface area contributed by atoms with Gasteiger partial charge in [-0.25, -0.2) is 8.42 Å². The number of hydrogen-bond acceptors (Lipinski definition) is 6. The lowest BCUT2D eigenvalue weighted by atomic mass is 10.1. The number of benzene rings is 2. The summed E-state index contributed by atoms with van der Waals surface area (Å²) in [6.45, 7) is 3.03. The highest BCUT2D eigenvalue weighted by Crippen LogP contribution is 2.29. The zero-order valence-corrected chi connectivity index (χ0v) is 21.1. The van der Waals surface area contributed by atoms with Gasteiger partial charge in [0, 0.05) is 24.7 Å². The minimum absolute atomic E-state index is 0.0935. The predicted molar refractivity (Wildman–Crippen MR) is 131 cm³/mol. The maximum Gasteiger partial charge on any atom is 0.245 e. The second-order valence-electron chi connectivity index (χ2n) is 8.32. The number of nitrogens with zero attached hydrogens (tertiary/aromatic N) is 3.